The van der Waals surface area contributed by atoms with Gasteiger partial charge in [-0.3, -0.25) is 0 Å². The highest BCUT2D eigenvalue weighted by molar-refractivity contribution is 5.68. The van der Waals surface area contributed by atoms with E-state index in [1.807, 2.05) is 37.3 Å². The number of alkyl carbamates (subject to hydrolysis) is 1. The molecule has 0 radical (unpaired) electrons. The molecule has 0 saturated carbocycles. The summed E-state index contributed by atoms with van der Waals surface area (Å²) in [5.74, 6) is -0.943. The van der Waals surface area contributed by atoms with Crippen LogP contribution in [0.5, 0.6) is 5.75 Å². The maximum absolute atomic E-state index is 12.9. The van der Waals surface area contributed by atoms with Crippen molar-refractivity contribution in [2.75, 3.05) is 26.4 Å². The van der Waals surface area contributed by atoms with Crippen LogP contribution in [0.25, 0.3) is 0 Å². The maximum atomic E-state index is 12.9. The number of nitrogens with one attached hydrogen (secondary N) is 1. The summed E-state index contributed by atoms with van der Waals surface area (Å²) in [5.41, 5.74) is -0.516. The first-order valence-corrected chi connectivity index (χ1v) is 12.1. The Morgan fingerprint density at radius 3 is 2.31 bits per heavy atom. The second-order valence-corrected chi connectivity index (χ2v) is 9.79. The molecule has 5 rings (SSSR count). The summed E-state index contributed by atoms with van der Waals surface area (Å²) >= 11 is 0. The second kappa shape index (κ2) is 10.5. The van der Waals surface area contributed by atoms with E-state index in [0.717, 1.165) is 18.4 Å². The molecule has 0 aromatic heterocycles. The minimum atomic E-state index is -1.65. The highest BCUT2D eigenvalue weighted by atomic mass is 16.9. The Balaban J connectivity index is 1.54. The monoisotopic (exact) mass is 485 g/mol. The van der Waals surface area contributed by atoms with Gasteiger partial charge in [0.25, 0.3) is 0 Å². The summed E-state index contributed by atoms with van der Waals surface area (Å²) in [7, 11) is 0. The van der Waals surface area contributed by atoms with Gasteiger partial charge in [0.05, 0.1) is 26.4 Å². The summed E-state index contributed by atoms with van der Waals surface area (Å²) in [4.78, 5) is 12.9. The molecule has 0 aliphatic carbocycles. The molecule has 2 bridgehead atoms. The van der Waals surface area contributed by atoms with E-state index in [1.54, 1.807) is 31.2 Å². The molecule has 2 aromatic carbocycles. The van der Waals surface area contributed by atoms with Crippen molar-refractivity contribution in [3.63, 3.8) is 0 Å². The van der Waals surface area contributed by atoms with E-state index in [4.69, 9.17) is 23.7 Å². The number of carbonyl (C=O) groups is 1. The number of fused-ring (bicyclic) bond motifs is 3. The lowest BCUT2D eigenvalue weighted by molar-refractivity contribution is -0.482. The van der Waals surface area contributed by atoms with Crippen molar-refractivity contribution in [2.24, 2.45) is 5.41 Å². The van der Waals surface area contributed by atoms with Gasteiger partial charge in [-0.05, 0) is 36.6 Å². The first kappa shape index (κ1) is 25.4. The average Bonchev–Trinajstić information content (AvgIpc) is 2.88. The lowest BCUT2D eigenvalue weighted by Gasteiger charge is -2.55. The fraction of sp³-hybridized carbons (Fsp3) is 0.519. The number of rotatable bonds is 10. The molecular formula is C27H35NO7. The quantitative estimate of drug-likeness (QED) is 0.489. The molecule has 2 N–H and O–H groups in total. The van der Waals surface area contributed by atoms with Crippen molar-refractivity contribution in [3.8, 4) is 5.75 Å². The third kappa shape index (κ3) is 5.78. The summed E-state index contributed by atoms with van der Waals surface area (Å²) in [5, 5.41) is 14.5. The lowest BCUT2D eigenvalue weighted by Crippen LogP contribution is -2.72. The van der Waals surface area contributed by atoms with Crippen LogP contribution in [0.15, 0.2) is 54.6 Å². The van der Waals surface area contributed by atoms with Crippen LogP contribution >= 0.6 is 0 Å². The van der Waals surface area contributed by atoms with E-state index in [1.165, 1.54) is 0 Å². The predicted octanol–water partition coefficient (Wildman–Crippen LogP) is 4.11. The standard InChI is InChI=1S/C27H35NO7/c1-4-5-15-31-22-13-11-21(12-14-22)26(3,30)23(27-33-17-25(2,18-34-27)19-35-27)28-24(29)32-16-20-9-7-6-8-10-20/h6-14,23,30H,4-5,15-19H2,1-3H3,(H,28,29)/t23-,25?,26-,27?/m0/s1. The molecule has 190 valence electrons. The van der Waals surface area contributed by atoms with E-state index in [-0.39, 0.29) is 12.0 Å². The van der Waals surface area contributed by atoms with Gasteiger partial charge < -0.3 is 34.1 Å². The number of benzene rings is 2. The first-order valence-electron chi connectivity index (χ1n) is 12.1. The number of aliphatic hydroxyl groups is 1. The average molecular weight is 486 g/mol. The molecule has 2 aromatic rings. The van der Waals surface area contributed by atoms with Gasteiger partial charge in [-0.15, -0.1) is 0 Å². The molecule has 8 heteroatoms. The molecule has 8 nitrogen and oxygen atoms in total. The molecule has 3 aliphatic heterocycles. The third-order valence-corrected chi connectivity index (χ3v) is 6.46. The smallest absolute Gasteiger partial charge is 0.408 e. The van der Waals surface area contributed by atoms with Gasteiger partial charge in [-0.25, -0.2) is 4.79 Å². The van der Waals surface area contributed by atoms with Crippen LogP contribution in [0.3, 0.4) is 0 Å². The normalized spacial score (nSPS) is 25.9. The molecule has 3 saturated heterocycles. The predicted molar refractivity (Wildman–Crippen MR) is 129 cm³/mol. The van der Waals surface area contributed by atoms with Crippen LogP contribution in [0, 0.1) is 5.41 Å². The van der Waals surface area contributed by atoms with Crippen molar-refractivity contribution in [2.45, 2.75) is 57.8 Å². The number of hydrogen-bond acceptors (Lipinski definition) is 7. The molecule has 2 atom stereocenters. The Hall–Kier alpha value is -2.65. The molecule has 3 fully saturated rings. The van der Waals surface area contributed by atoms with Gasteiger partial charge in [0, 0.05) is 5.41 Å². The van der Waals surface area contributed by atoms with E-state index in [9.17, 15) is 9.90 Å². The summed E-state index contributed by atoms with van der Waals surface area (Å²) in [6.07, 6.45) is 1.29. The van der Waals surface area contributed by atoms with Crippen molar-refractivity contribution >= 4 is 6.09 Å². The molecule has 1 amide bonds. The van der Waals surface area contributed by atoms with Gasteiger partial charge in [0.1, 0.15) is 24.0 Å². The third-order valence-electron chi connectivity index (χ3n) is 6.46. The summed E-state index contributed by atoms with van der Waals surface area (Å²) < 4.78 is 29.1. The van der Waals surface area contributed by atoms with Crippen LogP contribution in [0.2, 0.25) is 0 Å². The van der Waals surface area contributed by atoms with Crippen molar-refractivity contribution in [1.29, 1.82) is 0 Å². The van der Waals surface area contributed by atoms with Crippen LogP contribution < -0.4 is 10.1 Å². The van der Waals surface area contributed by atoms with E-state index >= 15 is 0 Å². The molecule has 0 spiro atoms. The highest BCUT2D eigenvalue weighted by Gasteiger charge is 2.60. The second-order valence-electron chi connectivity index (χ2n) is 9.79. The molecule has 35 heavy (non-hydrogen) atoms. The zero-order valence-electron chi connectivity index (χ0n) is 20.6. The van der Waals surface area contributed by atoms with Crippen molar-refractivity contribution in [3.05, 3.63) is 65.7 Å². The van der Waals surface area contributed by atoms with Crippen molar-refractivity contribution < 1.29 is 33.6 Å². The Morgan fingerprint density at radius 1 is 1.09 bits per heavy atom. The number of carbonyl (C=O) groups excluding carboxylic acids is 1. The Bertz CT molecular complexity index is 952. The zero-order valence-corrected chi connectivity index (χ0v) is 20.6. The van der Waals surface area contributed by atoms with Crippen LogP contribution in [0.4, 0.5) is 4.79 Å². The van der Waals surface area contributed by atoms with Gasteiger partial charge >= 0.3 is 12.1 Å². The van der Waals surface area contributed by atoms with Crippen LogP contribution in [0.1, 0.15) is 44.7 Å². The Kier molecular flexibility index (Phi) is 7.66. The first-order chi connectivity index (χ1) is 16.8. The molecule has 0 unspecified atom stereocenters. The largest absolute Gasteiger partial charge is 0.494 e. The Labute approximate surface area is 206 Å². The van der Waals surface area contributed by atoms with Crippen LogP contribution in [-0.2, 0) is 31.2 Å². The SMILES string of the molecule is CCCCOc1ccc([C@](C)(O)[C@H](NC(=O)OCc2ccccc2)C23OCC(C)(CO2)CO3)cc1. The zero-order chi connectivity index (χ0) is 24.9. The minimum Gasteiger partial charge on any atom is -0.494 e. The van der Waals surface area contributed by atoms with Gasteiger partial charge in [0.15, 0.2) is 0 Å². The van der Waals surface area contributed by atoms with E-state index < -0.39 is 23.7 Å². The fourth-order valence-electron chi connectivity index (χ4n) is 4.17. The van der Waals surface area contributed by atoms with Gasteiger partial charge in [0.2, 0.25) is 0 Å². The minimum absolute atomic E-state index is 0.0823. The topological polar surface area (TPSA) is 95.5 Å². The lowest BCUT2D eigenvalue weighted by atomic mass is 9.84. The van der Waals surface area contributed by atoms with E-state index in [0.29, 0.717) is 37.7 Å². The summed E-state index contributed by atoms with van der Waals surface area (Å²) in [6.45, 7) is 7.55. The van der Waals surface area contributed by atoms with Gasteiger partial charge in [-0.2, -0.15) is 0 Å². The number of amides is 1. The van der Waals surface area contributed by atoms with Gasteiger partial charge in [-0.1, -0.05) is 62.7 Å². The van der Waals surface area contributed by atoms with Crippen LogP contribution in [-0.4, -0.2) is 49.6 Å². The fourth-order valence-corrected chi connectivity index (χ4v) is 4.17. The highest BCUT2D eigenvalue weighted by Crippen LogP contribution is 2.44. The number of hydrogen-bond donors (Lipinski definition) is 2. The van der Waals surface area contributed by atoms with Crippen molar-refractivity contribution in [1.82, 2.24) is 5.32 Å². The Morgan fingerprint density at radius 2 is 1.71 bits per heavy atom. The molecule has 3 heterocycles. The molecule has 3 aliphatic rings. The summed E-state index contributed by atoms with van der Waals surface area (Å²) in [6, 6.07) is 15.4. The van der Waals surface area contributed by atoms with E-state index in [2.05, 4.69) is 12.2 Å². The number of ether oxygens (including phenoxy) is 5. The number of unbranched alkanes of at least 4 members (excludes halogenated alkanes) is 1. The maximum Gasteiger partial charge on any atom is 0.408 e. The molecular weight excluding hydrogens is 450 g/mol.